The summed E-state index contributed by atoms with van der Waals surface area (Å²) in [5, 5.41) is 23.8. The molecule has 0 radical (unpaired) electrons. The van der Waals surface area contributed by atoms with Crippen molar-refractivity contribution in [1.29, 1.82) is 0 Å². The summed E-state index contributed by atoms with van der Waals surface area (Å²) in [4.78, 5) is 15.3. The third kappa shape index (κ3) is 7.57. The zero-order valence-electron chi connectivity index (χ0n) is 22.4. The lowest BCUT2D eigenvalue weighted by Crippen LogP contribution is -2.58. The molecule has 0 spiro atoms. The number of piperidine rings is 2. The second kappa shape index (κ2) is 13.2. The first kappa shape index (κ1) is 28.0. The Morgan fingerprint density at radius 3 is 2.81 bits per heavy atom. The van der Waals surface area contributed by atoms with Gasteiger partial charge in [0, 0.05) is 38.3 Å². The smallest absolute Gasteiger partial charge is 0.224 e. The normalized spacial score (nSPS) is 40.1. The number of aliphatic hydroxyl groups excluding tert-OH is 1. The van der Waals surface area contributed by atoms with Crippen LogP contribution in [0.5, 0.6) is 0 Å². The number of aliphatic hydroxyl groups is 1. The molecule has 37 heavy (non-hydrogen) atoms. The van der Waals surface area contributed by atoms with E-state index in [1.54, 1.807) is 0 Å². The number of carbonyl (C=O) groups excluding carboxylic acids is 1. The second-order valence-corrected chi connectivity index (χ2v) is 12.8. The van der Waals surface area contributed by atoms with Gasteiger partial charge in [0.05, 0.1) is 49.1 Å². The molecule has 8 unspecified atom stereocenters. The molecule has 3 heterocycles. The fourth-order valence-electron chi connectivity index (χ4n) is 6.80. The largest absolute Gasteiger partial charge is 0.390 e. The Kier molecular flexibility index (Phi) is 10.0. The number of ether oxygens (including phenoxy) is 2. The molecule has 2 saturated carbocycles. The van der Waals surface area contributed by atoms with E-state index in [0.717, 1.165) is 32.4 Å². The molecule has 5 fully saturated rings. The Labute approximate surface area is 227 Å². The highest BCUT2D eigenvalue weighted by Crippen LogP contribution is 2.37. The predicted molar refractivity (Wildman–Crippen MR) is 143 cm³/mol. The molecule has 5 aliphatic rings. The van der Waals surface area contributed by atoms with E-state index >= 15 is 0 Å². The van der Waals surface area contributed by atoms with Crippen LogP contribution in [0.25, 0.3) is 0 Å². The molecule has 5 rings (SSSR count). The van der Waals surface area contributed by atoms with Crippen molar-refractivity contribution in [1.82, 2.24) is 26.2 Å². The summed E-state index contributed by atoms with van der Waals surface area (Å²) in [6, 6.07) is 0.923. The molecular formula is C27H48ClN5O4. The van der Waals surface area contributed by atoms with Gasteiger partial charge in [0.15, 0.2) is 0 Å². The van der Waals surface area contributed by atoms with Crippen LogP contribution >= 0.6 is 11.6 Å². The molecule has 9 nitrogen and oxygen atoms in total. The van der Waals surface area contributed by atoms with E-state index < -0.39 is 6.10 Å². The predicted octanol–water partition coefficient (Wildman–Crippen LogP) is 0.990. The molecule has 212 valence electrons. The molecule has 0 aromatic heterocycles. The number of hydrogen-bond acceptors (Lipinski definition) is 8. The van der Waals surface area contributed by atoms with Crippen LogP contribution in [0.15, 0.2) is 0 Å². The second-order valence-electron chi connectivity index (χ2n) is 12.2. The number of rotatable bonds is 10. The quantitative estimate of drug-likeness (QED) is 0.261. The Morgan fingerprint density at radius 1 is 1.19 bits per heavy atom. The highest BCUT2D eigenvalue weighted by atomic mass is 35.5. The van der Waals surface area contributed by atoms with Crippen molar-refractivity contribution in [2.75, 3.05) is 46.1 Å². The van der Waals surface area contributed by atoms with Gasteiger partial charge in [-0.1, -0.05) is 6.42 Å². The van der Waals surface area contributed by atoms with Crippen LogP contribution in [0.2, 0.25) is 0 Å². The molecule has 3 aliphatic heterocycles. The van der Waals surface area contributed by atoms with E-state index in [1.165, 1.54) is 25.7 Å². The van der Waals surface area contributed by atoms with Gasteiger partial charge in [-0.3, -0.25) is 15.4 Å². The van der Waals surface area contributed by atoms with Gasteiger partial charge in [0.25, 0.3) is 0 Å². The van der Waals surface area contributed by atoms with Crippen molar-refractivity contribution < 1.29 is 19.4 Å². The molecule has 2 aliphatic carbocycles. The average molecular weight is 542 g/mol. The number of nitrogens with one attached hydrogen (secondary N) is 4. The molecule has 10 heteroatoms. The third-order valence-electron chi connectivity index (χ3n) is 9.50. The minimum atomic E-state index is -0.568. The van der Waals surface area contributed by atoms with Crippen molar-refractivity contribution in [2.45, 2.75) is 100 Å². The maximum atomic E-state index is 12.9. The molecule has 1 amide bonds. The highest BCUT2D eigenvalue weighted by Gasteiger charge is 2.38. The topological polar surface area (TPSA) is 107 Å². The number of hydrogen-bond donors (Lipinski definition) is 5. The van der Waals surface area contributed by atoms with Gasteiger partial charge < -0.3 is 30.1 Å². The van der Waals surface area contributed by atoms with Crippen LogP contribution < -0.4 is 21.3 Å². The summed E-state index contributed by atoms with van der Waals surface area (Å²) >= 11 is 6.49. The number of halogens is 1. The first-order valence-electron chi connectivity index (χ1n) is 14.7. The summed E-state index contributed by atoms with van der Waals surface area (Å²) < 4.78 is 12.0. The minimum absolute atomic E-state index is 0.0360. The summed E-state index contributed by atoms with van der Waals surface area (Å²) in [6.07, 6.45) is 9.05. The molecule has 5 N–H and O–H groups in total. The summed E-state index contributed by atoms with van der Waals surface area (Å²) in [5.74, 6) is 1.10. The summed E-state index contributed by atoms with van der Waals surface area (Å²) in [6.45, 7) is 7.00. The van der Waals surface area contributed by atoms with E-state index in [2.05, 4.69) is 33.1 Å². The standard InChI is InChI=1S/C27H48ClN5O4/c1-17-25(37-16-31-17)15-36-22-6-5-19-13-33(8-7-18(19)9-22)14-21(34)11-30-27(35)23-10-26(29-12-24(23)28)32-20-3-2-4-20/h17-26,29,31-32,34H,2-16H2,1H3,(H,30,35)/t17?,18?,19?,21-,22?,23?,24?,25?,26?/m0/s1. The number of amides is 1. The lowest BCUT2D eigenvalue weighted by molar-refractivity contribution is -0.126. The molecule has 3 saturated heterocycles. The van der Waals surface area contributed by atoms with E-state index in [-0.39, 0.29) is 36.0 Å². The fourth-order valence-corrected chi connectivity index (χ4v) is 7.11. The zero-order valence-corrected chi connectivity index (χ0v) is 23.1. The summed E-state index contributed by atoms with van der Waals surface area (Å²) in [5.41, 5.74) is 0. The van der Waals surface area contributed by atoms with Crippen molar-refractivity contribution in [2.24, 2.45) is 17.8 Å². The van der Waals surface area contributed by atoms with Crippen LogP contribution in [0.1, 0.15) is 58.3 Å². The lowest BCUT2D eigenvalue weighted by Gasteiger charge is -2.44. The highest BCUT2D eigenvalue weighted by molar-refractivity contribution is 6.22. The number of fused-ring (bicyclic) bond motifs is 1. The van der Waals surface area contributed by atoms with Crippen molar-refractivity contribution >= 4 is 17.5 Å². The van der Waals surface area contributed by atoms with Crippen LogP contribution in [0.3, 0.4) is 0 Å². The van der Waals surface area contributed by atoms with Crippen molar-refractivity contribution in [3.8, 4) is 0 Å². The minimum Gasteiger partial charge on any atom is -0.390 e. The Balaban J connectivity index is 0.985. The Bertz CT molecular complexity index is 746. The van der Waals surface area contributed by atoms with Crippen molar-refractivity contribution in [3.05, 3.63) is 0 Å². The molecule has 0 bridgehead atoms. The first-order valence-corrected chi connectivity index (χ1v) is 15.2. The number of β-amino-alcohol motifs (C(OH)–C–C–N with tert-alkyl or cyclic N) is 1. The lowest BCUT2D eigenvalue weighted by atomic mass is 9.74. The van der Waals surface area contributed by atoms with Crippen LogP contribution in [0.4, 0.5) is 0 Å². The molecule has 0 aromatic carbocycles. The molecule has 0 aromatic rings. The first-order chi connectivity index (χ1) is 17.9. The molecule has 9 atom stereocenters. The zero-order chi connectivity index (χ0) is 25.8. The maximum absolute atomic E-state index is 12.9. The Hall–Kier alpha value is -0.520. The van der Waals surface area contributed by atoms with Crippen molar-refractivity contribution in [3.63, 3.8) is 0 Å². The monoisotopic (exact) mass is 541 g/mol. The van der Waals surface area contributed by atoms with Crippen LogP contribution in [-0.2, 0) is 14.3 Å². The van der Waals surface area contributed by atoms with E-state index in [0.29, 0.717) is 62.9 Å². The summed E-state index contributed by atoms with van der Waals surface area (Å²) in [7, 11) is 0. The number of likely N-dealkylation sites (tertiary alicyclic amines) is 1. The van der Waals surface area contributed by atoms with Crippen LogP contribution in [0, 0.1) is 17.8 Å². The maximum Gasteiger partial charge on any atom is 0.224 e. The molecular weight excluding hydrogens is 494 g/mol. The number of nitrogens with zero attached hydrogens (tertiary/aromatic N) is 1. The van der Waals surface area contributed by atoms with E-state index in [9.17, 15) is 9.90 Å². The number of alkyl halides is 1. The van der Waals surface area contributed by atoms with Gasteiger partial charge in [0.2, 0.25) is 5.91 Å². The SMILES string of the molecule is CC1NCOC1COC1CCC2CN(C[C@@H](O)CNC(=O)C3CC(NC4CCC4)NCC3Cl)CCC2C1. The van der Waals surface area contributed by atoms with Gasteiger partial charge in [-0.05, 0) is 70.3 Å². The van der Waals surface area contributed by atoms with E-state index in [1.807, 2.05) is 0 Å². The fraction of sp³-hybridized carbons (Fsp3) is 0.963. The average Bonchev–Trinajstić information content (AvgIpc) is 3.28. The third-order valence-corrected chi connectivity index (χ3v) is 9.96. The Morgan fingerprint density at radius 2 is 2.05 bits per heavy atom. The van der Waals surface area contributed by atoms with E-state index in [4.69, 9.17) is 21.1 Å². The van der Waals surface area contributed by atoms with Gasteiger partial charge in [-0.2, -0.15) is 0 Å². The van der Waals surface area contributed by atoms with Crippen LogP contribution in [-0.4, -0.2) is 104 Å². The van der Waals surface area contributed by atoms with Gasteiger partial charge in [0.1, 0.15) is 0 Å². The van der Waals surface area contributed by atoms with Gasteiger partial charge in [-0.25, -0.2) is 0 Å². The number of carbonyl (C=O) groups is 1. The van der Waals surface area contributed by atoms with Gasteiger partial charge in [-0.15, -0.1) is 11.6 Å². The van der Waals surface area contributed by atoms with Gasteiger partial charge >= 0.3 is 0 Å².